The average molecular weight is 308 g/mol. The maximum Gasteiger partial charge on any atom is 0.150 e. The molecule has 1 aromatic carbocycles. The first-order valence-electron chi connectivity index (χ1n) is 7.80. The molecule has 0 bridgehead atoms. The fourth-order valence-electron chi connectivity index (χ4n) is 3.16. The topological polar surface area (TPSA) is 51.2 Å². The van der Waals surface area contributed by atoms with Gasteiger partial charge in [-0.2, -0.15) is 0 Å². The summed E-state index contributed by atoms with van der Waals surface area (Å²) in [5, 5.41) is 0. The normalized spacial score (nSPS) is 23.2. The number of ketones is 1. The Hall–Kier alpha value is -1.16. The molecule has 0 heterocycles. The number of benzene rings is 1. The zero-order chi connectivity index (χ0) is 15.3. The third-order valence-corrected chi connectivity index (χ3v) is 6.21. The van der Waals surface area contributed by atoms with Crippen LogP contribution in [0.2, 0.25) is 0 Å². The van der Waals surface area contributed by atoms with Crippen LogP contribution in [-0.2, 0) is 14.6 Å². The maximum atomic E-state index is 12.1. The van der Waals surface area contributed by atoms with Crippen molar-refractivity contribution in [1.82, 2.24) is 0 Å². The molecule has 0 aromatic heterocycles. The quantitative estimate of drug-likeness (QED) is 0.809. The molecule has 0 N–H and O–H groups in total. The molecule has 1 aliphatic carbocycles. The second kappa shape index (κ2) is 7.21. The van der Waals surface area contributed by atoms with E-state index in [1.165, 1.54) is 5.56 Å². The van der Waals surface area contributed by atoms with Crippen molar-refractivity contribution in [2.75, 3.05) is 11.5 Å². The Kier molecular flexibility index (Phi) is 5.57. The van der Waals surface area contributed by atoms with Crippen LogP contribution in [0.3, 0.4) is 0 Å². The van der Waals surface area contributed by atoms with Gasteiger partial charge in [-0.05, 0) is 37.2 Å². The van der Waals surface area contributed by atoms with Crippen molar-refractivity contribution >= 4 is 15.6 Å². The third-order valence-electron chi connectivity index (χ3n) is 4.33. The first-order chi connectivity index (χ1) is 10.0. The molecule has 116 valence electrons. The van der Waals surface area contributed by atoms with Gasteiger partial charge >= 0.3 is 0 Å². The first-order valence-corrected chi connectivity index (χ1v) is 9.62. The van der Waals surface area contributed by atoms with Crippen LogP contribution in [0.25, 0.3) is 0 Å². The van der Waals surface area contributed by atoms with Crippen LogP contribution in [0.4, 0.5) is 0 Å². The summed E-state index contributed by atoms with van der Waals surface area (Å²) in [6.45, 7) is 1.87. The number of rotatable bonds is 6. The van der Waals surface area contributed by atoms with Gasteiger partial charge in [0.25, 0.3) is 0 Å². The second-order valence-corrected chi connectivity index (χ2v) is 8.29. The molecule has 1 saturated carbocycles. The molecule has 1 aliphatic rings. The highest BCUT2D eigenvalue weighted by Gasteiger charge is 2.30. The van der Waals surface area contributed by atoms with E-state index in [9.17, 15) is 13.2 Å². The zero-order valence-electron chi connectivity index (χ0n) is 12.6. The van der Waals surface area contributed by atoms with Crippen LogP contribution < -0.4 is 0 Å². The van der Waals surface area contributed by atoms with Crippen LogP contribution in [0, 0.1) is 5.92 Å². The second-order valence-electron chi connectivity index (χ2n) is 5.99. The van der Waals surface area contributed by atoms with Crippen molar-refractivity contribution in [2.24, 2.45) is 5.92 Å². The lowest BCUT2D eigenvalue weighted by Gasteiger charge is -2.28. The average Bonchev–Trinajstić information content (AvgIpc) is 2.47. The molecule has 2 atom stereocenters. The van der Waals surface area contributed by atoms with E-state index in [1.54, 1.807) is 0 Å². The fraction of sp³-hybridized carbons (Fsp3) is 0.588. The summed E-state index contributed by atoms with van der Waals surface area (Å²) in [6.07, 6.45) is 3.40. The van der Waals surface area contributed by atoms with E-state index in [0.717, 1.165) is 12.8 Å². The molecule has 0 radical (unpaired) electrons. The van der Waals surface area contributed by atoms with E-state index >= 15 is 0 Å². The number of sulfone groups is 1. The lowest BCUT2D eigenvalue weighted by molar-refractivity contribution is -0.124. The summed E-state index contributed by atoms with van der Waals surface area (Å²) >= 11 is 0. The number of carbonyl (C=O) groups excluding carboxylic acids is 1. The van der Waals surface area contributed by atoms with E-state index in [2.05, 4.69) is 12.1 Å². The number of carbonyl (C=O) groups is 1. The van der Waals surface area contributed by atoms with Crippen molar-refractivity contribution in [3.63, 3.8) is 0 Å². The molecule has 2 unspecified atom stereocenters. The van der Waals surface area contributed by atoms with Crippen LogP contribution in [0.1, 0.15) is 50.5 Å². The highest BCUT2D eigenvalue weighted by atomic mass is 32.2. The van der Waals surface area contributed by atoms with Gasteiger partial charge < -0.3 is 0 Å². The molecule has 0 saturated heterocycles. The maximum absolute atomic E-state index is 12.1. The lowest BCUT2D eigenvalue weighted by atomic mass is 9.76. The standard InChI is InChI=1S/C17H24O3S/c1-2-11-21(19,20)12-10-16-13-15(8-9-17(16)18)14-6-4-3-5-7-14/h3-7,15-16H,2,8-13H2,1H3. The number of hydrogen-bond acceptors (Lipinski definition) is 3. The Morgan fingerprint density at radius 3 is 2.52 bits per heavy atom. The van der Waals surface area contributed by atoms with Gasteiger partial charge in [-0.25, -0.2) is 8.42 Å². The van der Waals surface area contributed by atoms with Crippen molar-refractivity contribution < 1.29 is 13.2 Å². The molecule has 21 heavy (non-hydrogen) atoms. The van der Waals surface area contributed by atoms with Gasteiger partial charge in [-0.1, -0.05) is 37.3 Å². The summed E-state index contributed by atoms with van der Waals surface area (Å²) in [6, 6.07) is 10.2. The monoisotopic (exact) mass is 308 g/mol. The summed E-state index contributed by atoms with van der Waals surface area (Å²) in [5.74, 6) is 0.932. The molecule has 1 aromatic rings. The van der Waals surface area contributed by atoms with Crippen LogP contribution in [0.15, 0.2) is 30.3 Å². The molecule has 0 amide bonds. The van der Waals surface area contributed by atoms with E-state index in [1.807, 2.05) is 25.1 Å². The summed E-state index contributed by atoms with van der Waals surface area (Å²) < 4.78 is 23.6. The minimum absolute atomic E-state index is 0.0874. The zero-order valence-corrected chi connectivity index (χ0v) is 13.4. The van der Waals surface area contributed by atoms with Crippen molar-refractivity contribution in [3.05, 3.63) is 35.9 Å². The Balaban J connectivity index is 1.97. The van der Waals surface area contributed by atoms with Gasteiger partial charge in [0, 0.05) is 18.1 Å². The summed E-state index contributed by atoms with van der Waals surface area (Å²) in [4.78, 5) is 12.1. The predicted octanol–water partition coefficient (Wildman–Crippen LogP) is 3.35. The minimum Gasteiger partial charge on any atom is -0.299 e. The fourth-order valence-corrected chi connectivity index (χ4v) is 4.62. The van der Waals surface area contributed by atoms with E-state index < -0.39 is 9.84 Å². The number of Topliss-reactive ketones (excluding diaryl/α,β-unsaturated/α-hetero) is 1. The molecule has 0 spiro atoms. The molecular formula is C17H24O3S. The Morgan fingerprint density at radius 2 is 1.86 bits per heavy atom. The molecule has 1 fully saturated rings. The van der Waals surface area contributed by atoms with Crippen LogP contribution in [0.5, 0.6) is 0 Å². The largest absolute Gasteiger partial charge is 0.299 e. The smallest absolute Gasteiger partial charge is 0.150 e. The highest BCUT2D eigenvalue weighted by Crippen LogP contribution is 2.35. The van der Waals surface area contributed by atoms with E-state index in [4.69, 9.17) is 0 Å². The van der Waals surface area contributed by atoms with Gasteiger partial charge in [-0.15, -0.1) is 0 Å². The van der Waals surface area contributed by atoms with E-state index in [-0.39, 0.29) is 23.2 Å². The number of hydrogen-bond donors (Lipinski definition) is 0. The molecule has 3 nitrogen and oxygen atoms in total. The lowest BCUT2D eigenvalue weighted by Crippen LogP contribution is -2.26. The minimum atomic E-state index is -2.99. The Labute approximate surface area is 127 Å². The van der Waals surface area contributed by atoms with Crippen molar-refractivity contribution in [2.45, 2.75) is 44.9 Å². The summed E-state index contributed by atoms with van der Waals surface area (Å²) in [7, 11) is -2.99. The first kappa shape index (κ1) is 16.2. The van der Waals surface area contributed by atoms with Crippen molar-refractivity contribution in [3.8, 4) is 0 Å². The molecular weight excluding hydrogens is 284 g/mol. The van der Waals surface area contributed by atoms with Gasteiger partial charge in [0.05, 0.1) is 5.75 Å². The van der Waals surface area contributed by atoms with Gasteiger partial charge in [-0.3, -0.25) is 4.79 Å². The Morgan fingerprint density at radius 1 is 1.14 bits per heavy atom. The SMILES string of the molecule is CCCS(=O)(=O)CCC1CC(c2ccccc2)CCC1=O. The highest BCUT2D eigenvalue weighted by molar-refractivity contribution is 7.91. The Bertz CT molecular complexity index is 563. The predicted molar refractivity (Wildman–Crippen MR) is 85.1 cm³/mol. The third kappa shape index (κ3) is 4.67. The molecule has 4 heteroatoms. The van der Waals surface area contributed by atoms with Gasteiger partial charge in [0.15, 0.2) is 0 Å². The molecule has 2 rings (SSSR count). The van der Waals surface area contributed by atoms with Crippen molar-refractivity contribution in [1.29, 1.82) is 0 Å². The van der Waals surface area contributed by atoms with Gasteiger partial charge in [0.1, 0.15) is 15.6 Å². The van der Waals surface area contributed by atoms with Crippen LogP contribution >= 0.6 is 0 Å². The van der Waals surface area contributed by atoms with Crippen LogP contribution in [-0.4, -0.2) is 25.7 Å². The summed E-state index contributed by atoms with van der Waals surface area (Å²) in [5.41, 5.74) is 1.27. The van der Waals surface area contributed by atoms with E-state index in [0.29, 0.717) is 25.2 Å². The molecule has 0 aliphatic heterocycles. The van der Waals surface area contributed by atoms with Gasteiger partial charge in [0.2, 0.25) is 0 Å².